The maximum Gasteiger partial charge on any atom is 0.324 e. The number of urea groups is 1. The molecule has 0 saturated carbocycles. The van der Waals surface area contributed by atoms with Crippen LogP contribution in [-0.2, 0) is 0 Å². The zero-order valence-electron chi connectivity index (χ0n) is 22.0. The highest BCUT2D eigenvalue weighted by Crippen LogP contribution is 2.40. The van der Waals surface area contributed by atoms with Crippen LogP contribution in [0.2, 0.25) is 0 Å². The lowest BCUT2D eigenvalue weighted by atomic mass is 10.0. The predicted octanol–water partition coefficient (Wildman–Crippen LogP) is 5.12. The SMILES string of the molecule is COc1ncccc1-c1ccc(O)c(C2Nc3ccc(C(=O)Nc4ccc(N5CCN(C)C5=O)cc4)cc3N2)c1. The summed E-state index contributed by atoms with van der Waals surface area (Å²) in [5.74, 6) is 0.372. The highest BCUT2D eigenvalue weighted by molar-refractivity contribution is 6.06. The van der Waals surface area contributed by atoms with E-state index in [0.29, 0.717) is 35.8 Å². The molecule has 3 amide bonds. The van der Waals surface area contributed by atoms with E-state index in [1.165, 1.54) is 0 Å². The van der Waals surface area contributed by atoms with Gasteiger partial charge in [-0.1, -0.05) is 6.07 Å². The van der Waals surface area contributed by atoms with Crippen LogP contribution in [0.3, 0.4) is 0 Å². The summed E-state index contributed by atoms with van der Waals surface area (Å²) in [7, 11) is 3.35. The fraction of sp³-hybridized carbons (Fsp3) is 0.167. The number of likely N-dealkylation sites (N-methyl/N-ethyl adjacent to an activating group) is 1. The number of nitrogens with zero attached hydrogens (tertiary/aromatic N) is 3. The third kappa shape index (κ3) is 4.60. The number of anilines is 4. The van der Waals surface area contributed by atoms with Gasteiger partial charge in [0.1, 0.15) is 11.9 Å². The lowest BCUT2D eigenvalue weighted by molar-refractivity contribution is 0.102. The first-order chi connectivity index (χ1) is 19.4. The normalized spacial score (nSPS) is 15.8. The quantitative estimate of drug-likeness (QED) is 0.270. The Morgan fingerprint density at radius 2 is 1.82 bits per heavy atom. The zero-order chi connectivity index (χ0) is 27.8. The number of rotatable bonds is 6. The average Bonchev–Trinajstić information content (AvgIpc) is 3.56. The Kier molecular flexibility index (Phi) is 6.35. The standard InChI is InChI=1S/C30H28N6O4/c1-35-14-15-36(30(35)39)21-9-7-20(8-10-21)32-28(38)19-5-11-24-25(17-19)34-27(33-24)23-16-18(6-12-26(23)37)22-4-3-13-31-29(22)40-2/h3-13,16-17,27,33-34,37H,14-15H2,1-2H3,(H,32,38). The largest absolute Gasteiger partial charge is 0.508 e. The molecule has 10 nitrogen and oxygen atoms in total. The van der Waals surface area contributed by atoms with Crippen LogP contribution >= 0.6 is 0 Å². The summed E-state index contributed by atoms with van der Waals surface area (Å²) in [6.07, 6.45) is 1.26. The van der Waals surface area contributed by atoms with E-state index in [4.69, 9.17) is 4.74 Å². The number of pyridine rings is 1. The number of carbonyl (C=O) groups excluding carboxylic acids is 2. The van der Waals surface area contributed by atoms with Gasteiger partial charge in [-0.3, -0.25) is 9.69 Å². The molecule has 3 aromatic carbocycles. The third-order valence-corrected chi connectivity index (χ3v) is 7.15. The Morgan fingerprint density at radius 3 is 2.58 bits per heavy atom. The number of nitrogens with one attached hydrogen (secondary N) is 3. The van der Waals surface area contributed by atoms with Crippen molar-refractivity contribution in [3.8, 4) is 22.8 Å². The molecular formula is C30H28N6O4. The van der Waals surface area contributed by atoms with E-state index in [9.17, 15) is 14.7 Å². The van der Waals surface area contributed by atoms with Crippen LogP contribution in [0, 0.1) is 0 Å². The maximum atomic E-state index is 13.0. The number of aromatic hydroxyl groups is 1. The molecule has 0 bridgehead atoms. The minimum Gasteiger partial charge on any atom is -0.508 e. The molecule has 1 saturated heterocycles. The van der Waals surface area contributed by atoms with Gasteiger partial charge in [0.2, 0.25) is 5.88 Å². The third-order valence-electron chi connectivity index (χ3n) is 7.15. The molecule has 1 fully saturated rings. The van der Waals surface area contributed by atoms with Gasteiger partial charge in [-0.25, -0.2) is 9.78 Å². The van der Waals surface area contributed by atoms with Crippen molar-refractivity contribution in [2.75, 3.05) is 48.1 Å². The molecule has 0 aliphatic carbocycles. The Balaban J connectivity index is 1.16. The van der Waals surface area contributed by atoms with E-state index in [2.05, 4.69) is 20.9 Å². The second-order valence-corrected chi connectivity index (χ2v) is 9.67. The Morgan fingerprint density at radius 1 is 1.02 bits per heavy atom. The number of phenols is 1. The number of aromatic nitrogens is 1. The molecule has 2 aliphatic rings. The molecule has 6 rings (SSSR count). The number of amides is 3. The monoisotopic (exact) mass is 536 g/mol. The summed E-state index contributed by atoms with van der Waals surface area (Å²) in [6.45, 7) is 1.32. The minimum absolute atomic E-state index is 0.0359. The Labute approximate surface area is 231 Å². The van der Waals surface area contributed by atoms with Crippen LogP contribution in [-0.4, -0.2) is 54.2 Å². The molecule has 10 heteroatoms. The van der Waals surface area contributed by atoms with Crippen molar-refractivity contribution in [2.24, 2.45) is 0 Å². The molecule has 0 spiro atoms. The molecule has 3 heterocycles. The van der Waals surface area contributed by atoms with Crippen molar-refractivity contribution in [3.05, 3.63) is 90.1 Å². The fourth-order valence-corrected chi connectivity index (χ4v) is 4.97. The second kappa shape index (κ2) is 10.1. The summed E-state index contributed by atoms with van der Waals surface area (Å²) in [5, 5.41) is 20.3. The fourth-order valence-electron chi connectivity index (χ4n) is 4.97. The van der Waals surface area contributed by atoms with Crippen LogP contribution in [0.4, 0.5) is 27.5 Å². The number of fused-ring (bicyclic) bond motifs is 1. The summed E-state index contributed by atoms with van der Waals surface area (Å²) in [5.41, 5.74) is 5.77. The van der Waals surface area contributed by atoms with Gasteiger partial charge in [0.05, 0.1) is 18.5 Å². The van der Waals surface area contributed by atoms with Gasteiger partial charge in [0.25, 0.3) is 5.91 Å². The molecule has 4 N–H and O–H groups in total. The number of phenolic OH excluding ortho intramolecular Hbond substituents is 1. The Hall–Kier alpha value is -5.25. The molecule has 2 aliphatic heterocycles. The lowest BCUT2D eigenvalue weighted by Crippen LogP contribution is -2.29. The number of methoxy groups -OCH3 is 1. The minimum atomic E-state index is -0.407. The summed E-state index contributed by atoms with van der Waals surface area (Å²) in [6, 6.07) is 21.6. The Bertz CT molecular complexity index is 1610. The van der Waals surface area contributed by atoms with Crippen LogP contribution in [0.1, 0.15) is 22.1 Å². The highest BCUT2D eigenvalue weighted by Gasteiger charge is 2.27. The second-order valence-electron chi connectivity index (χ2n) is 9.67. The van der Waals surface area contributed by atoms with E-state index in [1.54, 1.807) is 60.5 Å². The number of carbonyl (C=O) groups is 2. The summed E-state index contributed by atoms with van der Waals surface area (Å²) >= 11 is 0. The van der Waals surface area contributed by atoms with Crippen molar-refractivity contribution >= 4 is 34.7 Å². The number of benzene rings is 3. The van der Waals surface area contributed by atoms with Crippen LogP contribution in [0.15, 0.2) is 79.0 Å². The number of hydrogen-bond acceptors (Lipinski definition) is 7. The van der Waals surface area contributed by atoms with Gasteiger partial charge < -0.3 is 30.7 Å². The van der Waals surface area contributed by atoms with Crippen LogP contribution in [0.25, 0.3) is 11.1 Å². The molecule has 4 aromatic rings. The van der Waals surface area contributed by atoms with Crippen molar-refractivity contribution in [1.82, 2.24) is 9.88 Å². The molecule has 1 unspecified atom stereocenters. The molecule has 1 aromatic heterocycles. The van der Waals surface area contributed by atoms with E-state index >= 15 is 0 Å². The molecule has 202 valence electrons. The van der Waals surface area contributed by atoms with Crippen molar-refractivity contribution in [3.63, 3.8) is 0 Å². The van der Waals surface area contributed by atoms with Gasteiger partial charge in [0.15, 0.2) is 0 Å². The summed E-state index contributed by atoms with van der Waals surface area (Å²) < 4.78 is 5.40. The smallest absolute Gasteiger partial charge is 0.324 e. The van der Waals surface area contributed by atoms with Gasteiger partial charge >= 0.3 is 6.03 Å². The van der Waals surface area contributed by atoms with Crippen molar-refractivity contribution in [1.29, 1.82) is 0 Å². The first kappa shape index (κ1) is 25.1. The van der Waals surface area contributed by atoms with Crippen LogP contribution < -0.4 is 25.6 Å². The summed E-state index contributed by atoms with van der Waals surface area (Å²) in [4.78, 5) is 32.9. The predicted molar refractivity (Wildman–Crippen MR) is 154 cm³/mol. The van der Waals surface area contributed by atoms with Gasteiger partial charge in [-0.15, -0.1) is 0 Å². The highest BCUT2D eigenvalue weighted by atomic mass is 16.5. The van der Waals surface area contributed by atoms with Crippen molar-refractivity contribution < 1.29 is 19.4 Å². The average molecular weight is 537 g/mol. The van der Waals surface area contributed by atoms with Gasteiger partial charge in [-0.05, 0) is 72.3 Å². The van der Waals surface area contributed by atoms with Gasteiger partial charge in [-0.2, -0.15) is 0 Å². The van der Waals surface area contributed by atoms with E-state index in [-0.39, 0.29) is 17.7 Å². The lowest BCUT2D eigenvalue weighted by Gasteiger charge is -2.16. The first-order valence-corrected chi connectivity index (χ1v) is 12.8. The molecule has 40 heavy (non-hydrogen) atoms. The van der Waals surface area contributed by atoms with E-state index in [1.807, 2.05) is 42.5 Å². The van der Waals surface area contributed by atoms with E-state index < -0.39 is 6.17 Å². The van der Waals surface area contributed by atoms with Crippen molar-refractivity contribution in [2.45, 2.75) is 6.17 Å². The molecule has 0 radical (unpaired) electrons. The zero-order valence-corrected chi connectivity index (χ0v) is 22.0. The first-order valence-electron chi connectivity index (χ1n) is 12.8. The van der Waals surface area contributed by atoms with E-state index in [0.717, 1.165) is 28.2 Å². The molecular weight excluding hydrogens is 508 g/mol. The number of hydrogen-bond donors (Lipinski definition) is 4. The number of ether oxygens (including phenoxy) is 1. The van der Waals surface area contributed by atoms with Gasteiger partial charge in [0, 0.05) is 54.4 Å². The topological polar surface area (TPSA) is 119 Å². The molecule has 1 atom stereocenters. The maximum absolute atomic E-state index is 13.0. The van der Waals surface area contributed by atoms with Crippen LogP contribution in [0.5, 0.6) is 11.6 Å².